The van der Waals surface area contributed by atoms with Crippen molar-refractivity contribution >= 4 is 21.2 Å². The molecule has 0 N–H and O–H groups in total. The standard InChI is InChI=1S/C26H29N5O2S/c1-19-6-4-7-22(16-19)31-25(28-24-8-5-11-27-26(24)31)18-29-12-14-30(15-13-29)34(32,33)23-10-9-20(2)21(3)17-23/h4-11,16-17H,12-15,18H2,1-3H3. The van der Waals surface area contributed by atoms with Crippen molar-refractivity contribution in [3.63, 3.8) is 0 Å². The van der Waals surface area contributed by atoms with Crippen LogP contribution in [0.2, 0.25) is 0 Å². The molecule has 2 aromatic heterocycles. The third kappa shape index (κ3) is 4.24. The van der Waals surface area contributed by atoms with Gasteiger partial charge in [-0.2, -0.15) is 4.31 Å². The van der Waals surface area contributed by atoms with Gasteiger partial charge in [0, 0.05) is 38.1 Å². The predicted molar refractivity (Wildman–Crippen MR) is 134 cm³/mol. The first-order valence-corrected chi connectivity index (χ1v) is 13.0. The van der Waals surface area contributed by atoms with Crippen LogP contribution >= 0.6 is 0 Å². The summed E-state index contributed by atoms with van der Waals surface area (Å²) in [6, 6.07) is 17.6. The second kappa shape index (κ2) is 8.94. The Hall–Kier alpha value is -3.07. The molecule has 0 unspecified atom stereocenters. The van der Waals surface area contributed by atoms with E-state index in [0.717, 1.165) is 33.8 Å². The van der Waals surface area contributed by atoms with Crippen molar-refractivity contribution in [1.82, 2.24) is 23.7 Å². The van der Waals surface area contributed by atoms with E-state index < -0.39 is 10.0 Å². The summed E-state index contributed by atoms with van der Waals surface area (Å²) in [4.78, 5) is 12.1. The molecule has 4 aromatic rings. The third-order valence-electron chi connectivity index (χ3n) is 6.56. The molecule has 8 heteroatoms. The molecule has 1 aliphatic rings. The molecule has 7 nitrogen and oxygen atoms in total. The number of nitrogens with zero attached hydrogens (tertiary/aromatic N) is 5. The Kier molecular flexibility index (Phi) is 5.97. The zero-order chi connectivity index (χ0) is 23.9. The van der Waals surface area contributed by atoms with Gasteiger partial charge < -0.3 is 0 Å². The lowest BCUT2D eigenvalue weighted by atomic mass is 10.1. The average Bonchev–Trinajstić information content (AvgIpc) is 3.19. The largest absolute Gasteiger partial charge is 0.293 e. The van der Waals surface area contributed by atoms with E-state index in [-0.39, 0.29) is 0 Å². The molecule has 0 atom stereocenters. The maximum absolute atomic E-state index is 13.2. The number of fused-ring (bicyclic) bond motifs is 1. The van der Waals surface area contributed by atoms with E-state index in [9.17, 15) is 8.42 Å². The number of sulfonamides is 1. The van der Waals surface area contributed by atoms with Gasteiger partial charge in [-0.15, -0.1) is 0 Å². The highest BCUT2D eigenvalue weighted by Gasteiger charge is 2.29. The molecule has 1 aliphatic heterocycles. The van der Waals surface area contributed by atoms with Crippen molar-refractivity contribution in [2.75, 3.05) is 26.2 Å². The summed E-state index contributed by atoms with van der Waals surface area (Å²) in [5.74, 6) is 0.907. The molecule has 0 spiro atoms. The topological polar surface area (TPSA) is 71.3 Å². The average molecular weight is 476 g/mol. The maximum atomic E-state index is 13.2. The lowest BCUT2D eigenvalue weighted by molar-refractivity contribution is 0.177. The molecule has 176 valence electrons. The minimum atomic E-state index is -3.50. The third-order valence-corrected chi connectivity index (χ3v) is 8.45. The number of hydrogen-bond donors (Lipinski definition) is 0. The Morgan fingerprint density at radius 3 is 2.41 bits per heavy atom. The summed E-state index contributed by atoms with van der Waals surface area (Å²) in [6.45, 7) is 8.84. The molecule has 0 saturated carbocycles. The van der Waals surface area contributed by atoms with Gasteiger partial charge in [-0.1, -0.05) is 18.2 Å². The molecular weight excluding hydrogens is 446 g/mol. The van der Waals surface area contributed by atoms with Gasteiger partial charge in [0.15, 0.2) is 5.65 Å². The number of aryl methyl sites for hydroxylation is 3. The minimum Gasteiger partial charge on any atom is -0.293 e. The lowest BCUT2D eigenvalue weighted by Gasteiger charge is -2.33. The smallest absolute Gasteiger partial charge is 0.243 e. The fourth-order valence-electron chi connectivity index (χ4n) is 4.46. The van der Waals surface area contributed by atoms with Crippen molar-refractivity contribution in [3.8, 4) is 5.69 Å². The quantitative estimate of drug-likeness (QED) is 0.438. The van der Waals surface area contributed by atoms with Crippen LogP contribution < -0.4 is 0 Å². The predicted octanol–water partition coefficient (Wildman–Crippen LogP) is 3.85. The number of aromatic nitrogens is 3. The maximum Gasteiger partial charge on any atom is 0.243 e. The molecule has 1 saturated heterocycles. The van der Waals surface area contributed by atoms with E-state index in [1.165, 1.54) is 5.56 Å². The van der Waals surface area contributed by atoms with Crippen LogP contribution in [0.1, 0.15) is 22.5 Å². The first-order chi connectivity index (χ1) is 16.3. The van der Waals surface area contributed by atoms with Gasteiger partial charge in [0.2, 0.25) is 10.0 Å². The summed E-state index contributed by atoms with van der Waals surface area (Å²) in [5.41, 5.74) is 5.98. The summed E-state index contributed by atoms with van der Waals surface area (Å²) >= 11 is 0. The fourth-order valence-corrected chi connectivity index (χ4v) is 5.96. The van der Waals surface area contributed by atoms with E-state index in [1.807, 2.05) is 38.1 Å². The van der Waals surface area contributed by atoms with Crippen LogP contribution in [0.25, 0.3) is 16.9 Å². The molecule has 3 heterocycles. The lowest BCUT2D eigenvalue weighted by Crippen LogP contribution is -2.48. The Labute approximate surface area is 200 Å². The SMILES string of the molecule is Cc1cccc(-n2c(CN3CCN(S(=O)(=O)c4ccc(C)c(C)c4)CC3)nc3cccnc32)c1. The first-order valence-electron chi connectivity index (χ1n) is 11.5. The number of rotatable bonds is 5. The van der Waals surface area contributed by atoms with E-state index in [1.54, 1.807) is 22.6 Å². The Balaban J connectivity index is 1.37. The van der Waals surface area contributed by atoms with Gasteiger partial charge in [0.05, 0.1) is 11.4 Å². The second-order valence-corrected chi connectivity index (χ2v) is 10.9. The van der Waals surface area contributed by atoms with Crippen LogP contribution in [0, 0.1) is 20.8 Å². The molecule has 0 amide bonds. The zero-order valence-corrected chi connectivity index (χ0v) is 20.6. The number of imidazole rings is 1. The number of benzene rings is 2. The number of hydrogen-bond acceptors (Lipinski definition) is 5. The summed E-state index contributed by atoms with van der Waals surface area (Å²) in [6.07, 6.45) is 1.79. The zero-order valence-electron chi connectivity index (χ0n) is 19.8. The highest BCUT2D eigenvalue weighted by molar-refractivity contribution is 7.89. The van der Waals surface area contributed by atoms with Crippen LogP contribution in [0.4, 0.5) is 0 Å². The monoisotopic (exact) mass is 475 g/mol. The molecule has 0 radical (unpaired) electrons. The van der Waals surface area contributed by atoms with Crippen LogP contribution in [0.5, 0.6) is 0 Å². The molecule has 2 aromatic carbocycles. The van der Waals surface area contributed by atoms with Crippen LogP contribution in [0.3, 0.4) is 0 Å². The normalized spacial score (nSPS) is 15.7. The summed E-state index contributed by atoms with van der Waals surface area (Å²) < 4.78 is 30.1. The van der Waals surface area contributed by atoms with Gasteiger partial charge >= 0.3 is 0 Å². The Morgan fingerprint density at radius 1 is 0.882 bits per heavy atom. The summed E-state index contributed by atoms with van der Waals surface area (Å²) in [7, 11) is -3.50. The first kappa shape index (κ1) is 22.7. The highest BCUT2D eigenvalue weighted by atomic mass is 32.2. The molecule has 0 aliphatic carbocycles. The van der Waals surface area contributed by atoms with Crippen LogP contribution in [-0.2, 0) is 16.6 Å². The van der Waals surface area contributed by atoms with E-state index in [4.69, 9.17) is 4.98 Å². The van der Waals surface area contributed by atoms with Gasteiger partial charge in [-0.05, 0) is 73.9 Å². The van der Waals surface area contributed by atoms with Crippen LogP contribution in [0.15, 0.2) is 65.7 Å². The Morgan fingerprint density at radius 2 is 1.68 bits per heavy atom. The van der Waals surface area contributed by atoms with Crippen molar-refractivity contribution in [2.45, 2.75) is 32.2 Å². The van der Waals surface area contributed by atoms with Gasteiger partial charge in [0.1, 0.15) is 11.3 Å². The highest BCUT2D eigenvalue weighted by Crippen LogP contribution is 2.24. The number of piperazine rings is 1. The van der Waals surface area contributed by atoms with E-state index in [0.29, 0.717) is 37.6 Å². The minimum absolute atomic E-state index is 0.372. The van der Waals surface area contributed by atoms with Crippen molar-refractivity contribution < 1.29 is 8.42 Å². The fraction of sp³-hybridized carbons (Fsp3) is 0.308. The van der Waals surface area contributed by atoms with Gasteiger partial charge in [0.25, 0.3) is 0 Å². The van der Waals surface area contributed by atoms with Crippen molar-refractivity contribution in [3.05, 3.63) is 83.3 Å². The van der Waals surface area contributed by atoms with Gasteiger partial charge in [-0.25, -0.2) is 18.4 Å². The van der Waals surface area contributed by atoms with Gasteiger partial charge in [-0.3, -0.25) is 9.47 Å². The molecule has 1 fully saturated rings. The van der Waals surface area contributed by atoms with Crippen LogP contribution in [-0.4, -0.2) is 58.3 Å². The van der Waals surface area contributed by atoms with Crippen molar-refractivity contribution in [2.24, 2.45) is 0 Å². The van der Waals surface area contributed by atoms with Crippen molar-refractivity contribution in [1.29, 1.82) is 0 Å². The molecular formula is C26H29N5O2S. The number of pyridine rings is 1. The molecule has 5 rings (SSSR count). The second-order valence-electron chi connectivity index (χ2n) is 8.97. The van der Waals surface area contributed by atoms with E-state index in [2.05, 4.69) is 39.6 Å². The van der Waals surface area contributed by atoms with E-state index >= 15 is 0 Å². The molecule has 34 heavy (non-hydrogen) atoms. The molecule has 0 bridgehead atoms. The Bertz CT molecular complexity index is 1450. The summed E-state index contributed by atoms with van der Waals surface area (Å²) in [5, 5.41) is 0.